The maximum absolute atomic E-state index is 13.4. The van der Waals surface area contributed by atoms with E-state index in [1.807, 2.05) is 34.9 Å². The summed E-state index contributed by atoms with van der Waals surface area (Å²) in [6.07, 6.45) is 1.20. The number of amides is 2. The number of carbonyl (C=O) groups excluding carboxylic acids is 2. The molecule has 0 unspecified atom stereocenters. The molecule has 1 saturated heterocycles. The molecule has 0 aliphatic carbocycles. The van der Waals surface area contributed by atoms with Crippen molar-refractivity contribution in [2.45, 2.75) is 24.5 Å². The number of thioether (sulfide) groups is 1. The van der Waals surface area contributed by atoms with Crippen LogP contribution >= 0.6 is 11.8 Å². The Balaban J connectivity index is 1.50. The molecule has 1 aliphatic rings. The average Bonchev–Trinajstić information content (AvgIpc) is 3.21. The first-order valence-corrected chi connectivity index (χ1v) is 11.4. The van der Waals surface area contributed by atoms with Crippen LogP contribution in [0.4, 0.5) is 4.39 Å². The van der Waals surface area contributed by atoms with Gasteiger partial charge in [0.1, 0.15) is 5.82 Å². The van der Waals surface area contributed by atoms with Gasteiger partial charge in [0.2, 0.25) is 11.8 Å². The number of aromatic nitrogens is 3. The van der Waals surface area contributed by atoms with Gasteiger partial charge in [-0.3, -0.25) is 14.2 Å². The molecular formula is C23H24FN5O2S. The van der Waals surface area contributed by atoms with Crippen molar-refractivity contribution in [1.29, 1.82) is 0 Å². The van der Waals surface area contributed by atoms with Crippen LogP contribution in [0, 0.1) is 11.7 Å². The van der Waals surface area contributed by atoms with Gasteiger partial charge in [0, 0.05) is 24.6 Å². The minimum Gasteiger partial charge on any atom is -0.369 e. The standard InChI is InChI=1S/C23H24FN5O2S/c24-19-8-6-18(7-9-19)22-26-27-23(29(22)14-16-4-2-1-3-5-16)32-15-20(30)28-12-10-17(11-13-28)21(25)31/h1-9,17H,10-15H2,(H2,25,31). The fourth-order valence-corrected chi connectivity index (χ4v) is 4.59. The summed E-state index contributed by atoms with van der Waals surface area (Å²) >= 11 is 1.33. The summed E-state index contributed by atoms with van der Waals surface area (Å²) in [7, 11) is 0. The number of rotatable bonds is 7. The lowest BCUT2D eigenvalue weighted by Gasteiger charge is -2.30. The second-order valence-corrected chi connectivity index (χ2v) is 8.67. The van der Waals surface area contributed by atoms with Crippen molar-refractivity contribution in [2.24, 2.45) is 11.7 Å². The van der Waals surface area contributed by atoms with E-state index in [9.17, 15) is 14.0 Å². The number of piperidine rings is 1. The molecule has 2 amide bonds. The zero-order valence-corrected chi connectivity index (χ0v) is 18.3. The van der Waals surface area contributed by atoms with Gasteiger partial charge in [-0.2, -0.15) is 0 Å². The predicted octanol–water partition coefficient (Wildman–Crippen LogP) is 2.95. The van der Waals surface area contributed by atoms with Gasteiger partial charge in [0.05, 0.1) is 12.3 Å². The number of halogens is 1. The van der Waals surface area contributed by atoms with Crippen LogP contribution < -0.4 is 5.73 Å². The number of nitrogens with zero attached hydrogens (tertiary/aromatic N) is 4. The molecule has 1 aromatic heterocycles. The predicted molar refractivity (Wildman–Crippen MR) is 120 cm³/mol. The SMILES string of the molecule is NC(=O)C1CCN(C(=O)CSc2nnc(-c3ccc(F)cc3)n2Cc2ccccc2)CC1. The topological polar surface area (TPSA) is 94.1 Å². The van der Waals surface area contributed by atoms with Crippen molar-refractivity contribution in [3.05, 3.63) is 66.0 Å². The lowest BCUT2D eigenvalue weighted by molar-refractivity contribution is -0.132. The van der Waals surface area contributed by atoms with E-state index in [-0.39, 0.29) is 29.3 Å². The van der Waals surface area contributed by atoms with Gasteiger partial charge in [0.15, 0.2) is 11.0 Å². The summed E-state index contributed by atoms with van der Waals surface area (Å²) in [6.45, 7) is 1.59. The molecule has 0 atom stereocenters. The van der Waals surface area contributed by atoms with Gasteiger partial charge >= 0.3 is 0 Å². The quantitative estimate of drug-likeness (QED) is 0.555. The van der Waals surface area contributed by atoms with Gasteiger partial charge in [-0.15, -0.1) is 10.2 Å². The van der Waals surface area contributed by atoms with Crippen LogP contribution in [0.3, 0.4) is 0 Å². The van der Waals surface area contributed by atoms with Gasteiger partial charge < -0.3 is 10.6 Å². The second-order valence-electron chi connectivity index (χ2n) is 7.73. The largest absolute Gasteiger partial charge is 0.369 e. The van der Waals surface area contributed by atoms with Gasteiger partial charge in [-0.1, -0.05) is 42.1 Å². The second kappa shape index (κ2) is 9.95. The van der Waals surface area contributed by atoms with Crippen LogP contribution in [0.5, 0.6) is 0 Å². The summed E-state index contributed by atoms with van der Waals surface area (Å²) in [5, 5.41) is 9.26. The van der Waals surface area contributed by atoms with E-state index < -0.39 is 0 Å². The number of hydrogen-bond donors (Lipinski definition) is 1. The summed E-state index contributed by atoms with van der Waals surface area (Å²) < 4.78 is 15.3. The summed E-state index contributed by atoms with van der Waals surface area (Å²) in [5.74, 6) is 0.0647. The molecule has 166 valence electrons. The van der Waals surface area contributed by atoms with Crippen molar-refractivity contribution >= 4 is 23.6 Å². The molecule has 2 heterocycles. The number of benzene rings is 2. The van der Waals surface area contributed by atoms with E-state index in [1.165, 1.54) is 23.9 Å². The minimum absolute atomic E-state index is 0.00415. The van der Waals surface area contributed by atoms with E-state index >= 15 is 0 Å². The molecule has 3 aromatic rings. The Morgan fingerprint density at radius 3 is 2.38 bits per heavy atom. The van der Waals surface area contributed by atoms with Crippen LogP contribution in [0.15, 0.2) is 59.8 Å². The highest BCUT2D eigenvalue weighted by Crippen LogP contribution is 2.26. The van der Waals surface area contributed by atoms with Crippen molar-refractivity contribution < 1.29 is 14.0 Å². The summed E-state index contributed by atoms with van der Waals surface area (Å²) in [6, 6.07) is 16.0. The normalized spacial score (nSPS) is 14.5. The molecule has 0 spiro atoms. The van der Waals surface area contributed by atoms with E-state index in [2.05, 4.69) is 10.2 Å². The lowest BCUT2D eigenvalue weighted by atomic mass is 9.96. The Labute approximate surface area is 189 Å². The van der Waals surface area contributed by atoms with Crippen LogP contribution in [0.25, 0.3) is 11.4 Å². The van der Waals surface area contributed by atoms with E-state index in [1.54, 1.807) is 17.0 Å². The number of primary amides is 1. The van der Waals surface area contributed by atoms with E-state index in [0.29, 0.717) is 43.5 Å². The van der Waals surface area contributed by atoms with E-state index in [0.717, 1.165) is 11.1 Å². The highest BCUT2D eigenvalue weighted by atomic mass is 32.2. The highest BCUT2D eigenvalue weighted by molar-refractivity contribution is 7.99. The molecule has 0 radical (unpaired) electrons. The van der Waals surface area contributed by atoms with Gasteiger partial charge in [-0.05, 0) is 42.7 Å². The lowest BCUT2D eigenvalue weighted by Crippen LogP contribution is -2.42. The van der Waals surface area contributed by atoms with Crippen molar-refractivity contribution in [2.75, 3.05) is 18.8 Å². The number of carbonyl (C=O) groups is 2. The Hall–Kier alpha value is -3.20. The average molecular weight is 454 g/mol. The number of nitrogens with two attached hydrogens (primary N) is 1. The van der Waals surface area contributed by atoms with Gasteiger partial charge in [-0.25, -0.2) is 4.39 Å². The Morgan fingerprint density at radius 2 is 1.72 bits per heavy atom. The third kappa shape index (κ3) is 5.16. The molecule has 0 saturated carbocycles. The van der Waals surface area contributed by atoms with Crippen LogP contribution in [0.2, 0.25) is 0 Å². The molecule has 4 rings (SSSR count). The molecule has 2 N–H and O–H groups in total. The molecule has 2 aromatic carbocycles. The fourth-order valence-electron chi connectivity index (χ4n) is 3.75. The monoisotopic (exact) mass is 453 g/mol. The molecule has 32 heavy (non-hydrogen) atoms. The maximum Gasteiger partial charge on any atom is 0.233 e. The molecule has 9 heteroatoms. The first-order valence-electron chi connectivity index (χ1n) is 10.4. The molecule has 7 nitrogen and oxygen atoms in total. The third-order valence-corrected chi connectivity index (χ3v) is 6.53. The zero-order chi connectivity index (χ0) is 22.5. The first kappa shape index (κ1) is 22.0. The van der Waals surface area contributed by atoms with Crippen molar-refractivity contribution in [1.82, 2.24) is 19.7 Å². The third-order valence-electron chi connectivity index (χ3n) is 5.58. The molecular weight excluding hydrogens is 429 g/mol. The Bertz CT molecular complexity index is 1080. The molecule has 1 fully saturated rings. The minimum atomic E-state index is -0.317. The van der Waals surface area contributed by atoms with Crippen LogP contribution in [0.1, 0.15) is 18.4 Å². The summed E-state index contributed by atoms with van der Waals surface area (Å²) in [5.41, 5.74) is 7.20. The van der Waals surface area contributed by atoms with Crippen LogP contribution in [-0.4, -0.2) is 50.3 Å². The Morgan fingerprint density at radius 1 is 1.03 bits per heavy atom. The fraction of sp³-hybridized carbons (Fsp3) is 0.304. The van der Waals surface area contributed by atoms with Crippen molar-refractivity contribution in [3.63, 3.8) is 0 Å². The number of likely N-dealkylation sites (tertiary alicyclic amines) is 1. The highest BCUT2D eigenvalue weighted by Gasteiger charge is 2.26. The smallest absolute Gasteiger partial charge is 0.233 e. The van der Waals surface area contributed by atoms with Gasteiger partial charge in [0.25, 0.3) is 0 Å². The van der Waals surface area contributed by atoms with Crippen LogP contribution in [-0.2, 0) is 16.1 Å². The summed E-state index contributed by atoms with van der Waals surface area (Å²) in [4.78, 5) is 25.8. The molecule has 0 bridgehead atoms. The zero-order valence-electron chi connectivity index (χ0n) is 17.5. The maximum atomic E-state index is 13.4. The van der Waals surface area contributed by atoms with Crippen molar-refractivity contribution in [3.8, 4) is 11.4 Å². The first-order chi connectivity index (χ1) is 15.5. The molecule has 1 aliphatic heterocycles. The Kier molecular flexibility index (Phi) is 6.84. The van der Waals surface area contributed by atoms with E-state index in [4.69, 9.17) is 5.73 Å². The number of hydrogen-bond acceptors (Lipinski definition) is 5.